The smallest absolute Gasteiger partial charge is 0.240 e. The Kier molecular flexibility index (Phi) is 5.99. The Morgan fingerprint density at radius 1 is 1.76 bits per heavy atom. The zero-order valence-electron chi connectivity index (χ0n) is 8.97. The summed E-state index contributed by atoms with van der Waals surface area (Å²) in [7, 11) is 0. The highest BCUT2D eigenvalue weighted by atomic mass is 79.9. The number of rotatable bonds is 7. The van der Waals surface area contributed by atoms with Gasteiger partial charge >= 0.3 is 0 Å². The summed E-state index contributed by atoms with van der Waals surface area (Å²) in [6, 6.07) is 1.37. The summed E-state index contributed by atoms with van der Waals surface area (Å²) < 4.78 is 0.869. The molecule has 0 saturated carbocycles. The van der Waals surface area contributed by atoms with Gasteiger partial charge in [0, 0.05) is 20.8 Å². The van der Waals surface area contributed by atoms with Crippen LogP contribution in [0.2, 0.25) is 0 Å². The third-order valence-corrected chi connectivity index (χ3v) is 3.97. The number of carbonyl (C=O) groups is 1. The predicted octanol–water partition coefficient (Wildman–Crippen LogP) is 2.33. The lowest BCUT2D eigenvalue weighted by molar-refractivity contribution is -0.120. The molecule has 3 N–H and O–H groups in total. The van der Waals surface area contributed by atoms with E-state index in [1.54, 1.807) is 0 Å². The minimum atomic E-state index is -0.504. The minimum absolute atomic E-state index is 0.403. The van der Waals surface area contributed by atoms with Gasteiger partial charge in [-0.05, 0) is 45.9 Å². The summed E-state index contributed by atoms with van der Waals surface area (Å²) in [5.41, 5.74) is 13.4. The summed E-state index contributed by atoms with van der Waals surface area (Å²) in [5, 5.41) is 8.34. The molecule has 0 aliphatic heterocycles. The monoisotopic (exact) mass is 317 g/mol. The van der Waals surface area contributed by atoms with E-state index in [2.05, 4.69) is 31.3 Å². The third kappa shape index (κ3) is 4.35. The fourth-order valence-corrected chi connectivity index (χ4v) is 2.96. The van der Waals surface area contributed by atoms with Crippen molar-refractivity contribution in [3.63, 3.8) is 0 Å². The Balaban J connectivity index is 2.53. The Labute approximate surface area is 111 Å². The standard InChI is InChI=1S/C9H12BrN5OS/c10-6-2-5-17-8(6)7(9(11)16)13-3-1-4-14-15-12/h2,5,7,13H,1,3-4H2,(H2,11,16). The van der Waals surface area contributed by atoms with E-state index in [1.807, 2.05) is 11.4 Å². The van der Waals surface area contributed by atoms with Crippen LogP contribution in [0.3, 0.4) is 0 Å². The van der Waals surface area contributed by atoms with Crippen LogP contribution in [0.4, 0.5) is 0 Å². The van der Waals surface area contributed by atoms with E-state index in [4.69, 9.17) is 11.3 Å². The summed E-state index contributed by atoms with van der Waals surface area (Å²) in [6.07, 6.45) is 0.664. The number of nitrogens with one attached hydrogen (secondary N) is 1. The molecule has 0 radical (unpaired) electrons. The lowest BCUT2D eigenvalue weighted by atomic mass is 10.2. The second-order valence-corrected chi connectivity index (χ2v) is 5.03. The molecule has 0 spiro atoms. The van der Waals surface area contributed by atoms with E-state index in [0.29, 0.717) is 19.5 Å². The number of hydrogen-bond donors (Lipinski definition) is 2. The van der Waals surface area contributed by atoms with Crippen LogP contribution in [-0.2, 0) is 4.79 Å². The van der Waals surface area contributed by atoms with E-state index >= 15 is 0 Å². The van der Waals surface area contributed by atoms with Crippen LogP contribution in [-0.4, -0.2) is 19.0 Å². The van der Waals surface area contributed by atoms with Crippen LogP contribution in [0.1, 0.15) is 17.3 Å². The molecule has 8 heteroatoms. The number of halogens is 1. The molecule has 1 unspecified atom stereocenters. The van der Waals surface area contributed by atoms with Crippen molar-refractivity contribution in [1.82, 2.24) is 5.32 Å². The first-order valence-corrected chi connectivity index (χ1v) is 6.60. The van der Waals surface area contributed by atoms with Gasteiger partial charge in [0.15, 0.2) is 0 Å². The normalized spacial score (nSPS) is 11.8. The predicted molar refractivity (Wildman–Crippen MR) is 70.6 cm³/mol. The molecule has 1 heterocycles. The molecule has 6 nitrogen and oxygen atoms in total. The van der Waals surface area contributed by atoms with Crippen molar-refractivity contribution >= 4 is 33.2 Å². The number of hydrogen-bond acceptors (Lipinski definition) is 4. The molecular formula is C9H12BrN5OS. The zero-order chi connectivity index (χ0) is 12.7. The topological polar surface area (TPSA) is 104 Å². The van der Waals surface area contributed by atoms with Gasteiger partial charge in [0.25, 0.3) is 0 Å². The molecule has 92 valence electrons. The second-order valence-electron chi connectivity index (χ2n) is 3.23. The van der Waals surface area contributed by atoms with Gasteiger partial charge in [0.05, 0.1) is 0 Å². The molecule has 0 aliphatic carbocycles. The number of carbonyl (C=O) groups excluding carboxylic acids is 1. The van der Waals surface area contributed by atoms with Gasteiger partial charge in [-0.15, -0.1) is 11.3 Å². The van der Waals surface area contributed by atoms with E-state index in [-0.39, 0.29) is 0 Å². The molecule has 0 aromatic carbocycles. The fraction of sp³-hybridized carbons (Fsp3) is 0.444. The van der Waals surface area contributed by atoms with Gasteiger partial charge in [0.1, 0.15) is 6.04 Å². The van der Waals surface area contributed by atoms with Crippen molar-refractivity contribution in [1.29, 1.82) is 0 Å². The fourth-order valence-electron chi connectivity index (χ4n) is 1.27. The van der Waals surface area contributed by atoms with Crippen LogP contribution < -0.4 is 11.1 Å². The molecule has 0 aliphatic rings. The minimum Gasteiger partial charge on any atom is -0.368 e. The third-order valence-electron chi connectivity index (χ3n) is 2.04. The van der Waals surface area contributed by atoms with Crippen LogP contribution in [0.5, 0.6) is 0 Å². The van der Waals surface area contributed by atoms with Crippen LogP contribution in [0.15, 0.2) is 21.0 Å². The Morgan fingerprint density at radius 2 is 2.53 bits per heavy atom. The Hall–Kier alpha value is -1.08. The first kappa shape index (κ1) is 14.0. The van der Waals surface area contributed by atoms with Crippen molar-refractivity contribution in [2.75, 3.05) is 13.1 Å². The number of nitrogens with two attached hydrogens (primary N) is 1. The number of azide groups is 1. The lowest BCUT2D eigenvalue weighted by Crippen LogP contribution is -2.34. The van der Waals surface area contributed by atoms with Crippen LogP contribution in [0, 0.1) is 0 Å². The highest BCUT2D eigenvalue weighted by molar-refractivity contribution is 9.10. The van der Waals surface area contributed by atoms with Gasteiger partial charge in [-0.3, -0.25) is 4.79 Å². The Morgan fingerprint density at radius 3 is 3.06 bits per heavy atom. The molecule has 1 aromatic rings. The van der Waals surface area contributed by atoms with Crippen molar-refractivity contribution in [2.45, 2.75) is 12.5 Å². The molecule has 0 bridgehead atoms. The maximum Gasteiger partial charge on any atom is 0.240 e. The first-order valence-electron chi connectivity index (χ1n) is 4.93. The quantitative estimate of drug-likeness (QED) is 0.348. The molecule has 0 saturated heterocycles. The maximum atomic E-state index is 11.3. The van der Waals surface area contributed by atoms with Crippen LogP contribution >= 0.6 is 27.3 Å². The molecule has 1 atom stereocenters. The molecule has 1 aromatic heterocycles. The summed E-state index contributed by atoms with van der Waals surface area (Å²) in [5.74, 6) is -0.420. The van der Waals surface area contributed by atoms with Gasteiger partial charge in [0.2, 0.25) is 5.91 Å². The van der Waals surface area contributed by atoms with Crippen molar-refractivity contribution < 1.29 is 4.79 Å². The summed E-state index contributed by atoms with van der Waals surface area (Å²) in [4.78, 5) is 14.8. The van der Waals surface area contributed by atoms with E-state index in [9.17, 15) is 4.79 Å². The summed E-state index contributed by atoms with van der Waals surface area (Å²) in [6.45, 7) is 0.970. The molecule has 1 rings (SSSR count). The largest absolute Gasteiger partial charge is 0.368 e. The molecule has 1 amide bonds. The Bertz CT molecular complexity index is 429. The van der Waals surface area contributed by atoms with Gasteiger partial charge in [-0.1, -0.05) is 5.11 Å². The van der Waals surface area contributed by atoms with Crippen molar-refractivity contribution in [3.8, 4) is 0 Å². The average molecular weight is 318 g/mol. The second kappa shape index (κ2) is 7.29. The van der Waals surface area contributed by atoms with E-state index in [1.165, 1.54) is 11.3 Å². The maximum absolute atomic E-state index is 11.3. The van der Waals surface area contributed by atoms with Gasteiger partial charge in [-0.25, -0.2) is 0 Å². The van der Waals surface area contributed by atoms with E-state index < -0.39 is 11.9 Å². The highest BCUT2D eigenvalue weighted by Gasteiger charge is 2.20. The first-order chi connectivity index (χ1) is 8.16. The number of amides is 1. The zero-order valence-corrected chi connectivity index (χ0v) is 11.4. The molecule has 0 fully saturated rings. The van der Waals surface area contributed by atoms with Crippen molar-refractivity contribution in [3.05, 3.63) is 31.2 Å². The number of thiophene rings is 1. The van der Waals surface area contributed by atoms with E-state index in [0.717, 1.165) is 9.35 Å². The SMILES string of the molecule is [N-]=[N+]=NCCCNC(C(N)=O)c1sccc1Br. The van der Waals surface area contributed by atoms with Gasteiger partial charge < -0.3 is 11.1 Å². The molecular weight excluding hydrogens is 306 g/mol. The number of nitrogens with zero attached hydrogens (tertiary/aromatic N) is 3. The van der Waals surface area contributed by atoms with Crippen molar-refractivity contribution in [2.24, 2.45) is 10.8 Å². The summed E-state index contributed by atoms with van der Waals surface area (Å²) >= 11 is 4.83. The molecule has 17 heavy (non-hydrogen) atoms. The number of primary amides is 1. The average Bonchev–Trinajstić information content (AvgIpc) is 2.69. The van der Waals surface area contributed by atoms with Gasteiger partial charge in [-0.2, -0.15) is 0 Å². The van der Waals surface area contributed by atoms with Crippen LogP contribution in [0.25, 0.3) is 10.4 Å². The highest BCUT2D eigenvalue weighted by Crippen LogP contribution is 2.28. The lowest BCUT2D eigenvalue weighted by Gasteiger charge is -2.14.